The van der Waals surface area contributed by atoms with Crippen LogP contribution in [0, 0.1) is 0 Å². The van der Waals surface area contributed by atoms with Gasteiger partial charge in [0.2, 0.25) is 0 Å². The molecule has 0 atom stereocenters. The number of ether oxygens (including phenoxy) is 1. The number of rotatable bonds is 1. The zero-order chi connectivity index (χ0) is 15.6. The Morgan fingerprint density at radius 1 is 0.783 bits per heavy atom. The summed E-state index contributed by atoms with van der Waals surface area (Å²) in [5, 5.41) is 4.87. The number of nitrogens with zero attached hydrogens (tertiary/aromatic N) is 1. The predicted octanol–water partition coefficient (Wildman–Crippen LogP) is 4.21. The van der Waals surface area contributed by atoms with Crippen molar-refractivity contribution < 1.29 is 4.74 Å². The molecule has 3 aromatic carbocycles. The largest absolute Gasteiger partial charge is 0.497 e. The third kappa shape index (κ3) is 1.46. The number of hydrogen-bond donors (Lipinski definition) is 0. The number of aromatic nitrogens is 1. The molecule has 0 aliphatic rings. The van der Waals surface area contributed by atoms with E-state index in [0.717, 1.165) is 43.7 Å². The first-order valence-corrected chi connectivity index (χ1v) is 7.55. The molecule has 2 aromatic heterocycles. The maximum atomic E-state index is 13.1. The molecule has 3 nitrogen and oxygen atoms in total. The lowest BCUT2D eigenvalue weighted by atomic mass is 10.0. The summed E-state index contributed by atoms with van der Waals surface area (Å²) in [5.74, 6) is 0.805. The first kappa shape index (κ1) is 12.5. The molecule has 2 heterocycles. The SMILES string of the molecule is COc1cc2c3ccccc3c(=O)n3c4ccccc4c(c1)c23. The van der Waals surface area contributed by atoms with Gasteiger partial charge < -0.3 is 4.74 Å². The van der Waals surface area contributed by atoms with Crippen molar-refractivity contribution in [2.45, 2.75) is 0 Å². The van der Waals surface area contributed by atoms with E-state index >= 15 is 0 Å². The maximum Gasteiger partial charge on any atom is 0.263 e. The van der Waals surface area contributed by atoms with Gasteiger partial charge in [0, 0.05) is 21.5 Å². The quantitative estimate of drug-likeness (QED) is 0.434. The fourth-order valence-electron chi connectivity index (χ4n) is 3.63. The smallest absolute Gasteiger partial charge is 0.263 e. The Hall–Kier alpha value is -3.07. The molecule has 0 spiro atoms. The Kier molecular flexibility index (Phi) is 2.29. The lowest BCUT2D eigenvalue weighted by Crippen LogP contribution is -2.12. The maximum absolute atomic E-state index is 13.1. The summed E-state index contributed by atoms with van der Waals surface area (Å²) in [7, 11) is 1.67. The van der Waals surface area contributed by atoms with E-state index in [4.69, 9.17) is 4.74 Å². The first-order chi connectivity index (χ1) is 11.3. The normalized spacial score (nSPS) is 11.9. The van der Waals surface area contributed by atoms with Gasteiger partial charge in [-0.2, -0.15) is 0 Å². The van der Waals surface area contributed by atoms with Crippen LogP contribution in [0.1, 0.15) is 0 Å². The molecule has 0 aliphatic carbocycles. The van der Waals surface area contributed by atoms with Gasteiger partial charge in [-0.3, -0.25) is 9.20 Å². The van der Waals surface area contributed by atoms with Gasteiger partial charge in [-0.25, -0.2) is 0 Å². The second-order valence-corrected chi connectivity index (χ2v) is 5.77. The van der Waals surface area contributed by atoms with E-state index < -0.39 is 0 Å². The van der Waals surface area contributed by atoms with Crippen molar-refractivity contribution in [1.29, 1.82) is 0 Å². The Balaban J connectivity index is 2.27. The molecule has 23 heavy (non-hydrogen) atoms. The predicted molar refractivity (Wildman–Crippen MR) is 93.9 cm³/mol. The summed E-state index contributed by atoms with van der Waals surface area (Å²) in [5.41, 5.74) is 1.94. The van der Waals surface area contributed by atoms with Crippen LogP contribution in [0.4, 0.5) is 0 Å². The van der Waals surface area contributed by atoms with Crippen LogP contribution >= 0.6 is 0 Å². The molecule has 0 aliphatic heterocycles. The molecule has 0 radical (unpaired) electrons. The van der Waals surface area contributed by atoms with E-state index in [9.17, 15) is 4.79 Å². The Morgan fingerprint density at radius 3 is 2.13 bits per heavy atom. The van der Waals surface area contributed by atoms with Gasteiger partial charge >= 0.3 is 0 Å². The Morgan fingerprint density at radius 2 is 1.39 bits per heavy atom. The number of para-hydroxylation sites is 1. The number of pyridine rings is 1. The average molecular weight is 299 g/mol. The van der Waals surface area contributed by atoms with Crippen molar-refractivity contribution in [2.75, 3.05) is 7.11 Å². The van der Waals surface area contributed by atoms with E-state index in [1.165, 1.54) is 0 Å². The molecule has 0 saturated heterocycles. The van der Waals surface area contributed by atoms with Crippen LogP contribution in [0.3, 0.4) is 0 Å². The highest BCUT2D eigenvalue weighted by atomic mass is 16.5. The highest BCUT2D eigenvalue weighted by Gasteiger charge is 2.17. The molecule has 5 aromatic rings. The summed E-state index contributed by atoms with van der Waals surface area (Å²) in [6.07, 6.45) is 0. The first-order valence-electron chi connectivity index (χ1n) is 7.55. The van der Waals surface area contributed by atoms with E-state index in [1.54, 1.807) is 7.11 Å². The van der Waals surface area contributed by atoms with Crippen molar-refractivity contribution in [3.05, 3.63) is 71.0 Å². The van der Waals surface area contributed by atoms with Gasteiger partial charge in [0.25, 0.3) is 5.56 Å². The van der Waals surface area contributed by atoms with Crippen LogP contribution in [0.25, 0.3) is 38.0 Å². The zero-order valence-electron chi connectivity index (χ0n) is 12.5. The van der Waals surface area contributed by atoms with Gasteiger partial charge in [-0.05, 0) is 29.7 Å². The summed E-state index contributed by atoms with van der Waals surface area (Å²) >= 11 is 0. The second kappa shape index (κ2) is 4.23. The lowest BCUT2D eigenvalue weighted by molar-refractivity contribution is 0.416. The number of benzene rings is 3. The van der Waals surface area contributed by atoms with Crippen LogP contribution in [-0.2, 0) is 0 Å². The molecule has 0 amide bonds. The molecule has 110 valence electrons. The standard InChI is InChI=1S/C20H13NO2/c1-23-12-10-16-13-6-2-3-8-15(13)20(22)21-18-9-5-4-7-14(18)17(11-12)19(16)21/h2-11H,1H3. The Labute approximate surface area is 131 Å². The van der Waals surface area contributed by atoms with E-state index in [0.29, 0.717) is 0 Å². The van der Waals surface area contributed by atoms with E-state index in [-0.39, 0.29) is 5.56 Å². The molecular weight excluding hydrogens is 286 g/mol. The van der Waals surface area contributed by atoms with Crippen LogP contribution in [0.2, 0.25) is 0 Å². The molecule has 0 unspecified atom stereocenters. The molecule has 5 rings (SSSR count). The Bertz CT molecular complexity index is 1270. The van der Waals surface area contributed by atoms with Crippen molar-refractivity contribution in [3.8, 4) is 5.75 Å². The topological polar surface area (TPSA) is 30.7 Å². The fraction of sp³-hybridized carbons (Fsp3) is 0.0500. The van der Waals surface area contributed by atoms with Crippen LogP contribution in [0.5, 0.6) is 5.75 Å². The fourth-order valence-corrected chi connectivity index (χ4v) is 3.63. The van der Waals surface area contributed by atoms with Gasteiger partial charge in [0.1, 0.15) is 5.75 Å². The monoisotopic (exact) mass is 299 g/mol. The minimum atomic E-state index is 0.0319. The molecule has 0 bridgehead atoms. The third-order valence-electron chi connectivity index (χ3n) is 4.63. The van der Waals surface area contributed by atoms with Crippen molar-refractivity contribution >= 4 is 38.0 Å². The average Bonchev–Trinajstić information content (AvgIpc) is 2.94. The molecular formula is C20H13NO2. The highest BCUT2D eigenvalue weighted by Crippen LogP contribution is 2.36. The number of fused-ring (bicyclic) bond motifs is 5. The van der Waals surface area contributed by atoms with E-state index in [2.05, 4.69) is 6.07 Å². The van der Waals surface area contributed by atoms with Gasteiger partial charge in [-0.15, -0.1) is 0 Å². The summed E-state index contributed by atoms with van der Waals surface area (Å²) in [4.78, 5) is 13.1. The van der Waals surface area contributed by atoms with E-state index in [1.807, 2.05) is 59.0 Å². The van der Waals surface area contributed by atoms with Crippen molar-refractivity contribution in [3.63, 3.8) is 0 Å². The molecule has 3 heteroatoms. The van der Waals surface area contributed by atoms with Gasteiger partial charge in [-0.1, -0.05) is 36.4 Å². The lowest BCUT2D eigenvalue weighted by Gasteiger charge is -2.08. The number of methoxy groups -OCH3 is 1. The third-order valence-corrected chi connectivity index (χ3v) is 4.63. The van der Waals surface area contributed by atoms with Crippen LogP contribution in [0.15, 0.2) is 65.5 Å². The van der Waals surface area contributed by atoms with Crippen molar-refractivity contribution in [2.24, 2.45) is 0 Å². The summed E-state index contributed by atoms with van der Waals surface area (Å²) in [6.45, 7) is 0. The van der Waals surface area contributed by atoms with Gasteiger partial charge in [0.05, 0.1) is 18.1 Å². The van der Waals surface area contributed by atoms with Crippen molar-refractivity contribution in [1.82, 2.24) is 4.40 Å². The van der Waals surface area contributed by atoms with Gasteiger partial charge in [0.15, 0.2) is 0 Å². The second-order valence-electron chi connectivity index (χ2n) is 5.77. The minimum absolute atomic E-state index is 0.0319. The molecule has 0 saturated carbocycles. The molecule has 0 fully saturated rings. The summed E-state index contributed by atoms with van der Waals surface area (Å²) in [6, 6.07) is 19.8. The number of hydrogen-bond acceptors (Lipinski definition) is 2. The van der Waals surface area contributed by atoms with Crippen LogP contribution in [-0.4, -0.2) is 11.5 Å². The van der Waals surface area contributed by atoms with Crippen LogP contribution < -0.4 is 10.3 Å². The molecule has 0 N–H and O–H groups in total. The minimum Gasteiger partial charge on any atom is -0.497 e. The zero-order valence-corrected chi connectivity index (χ0v) is 12.5. The highest BCUT2D eigenvalue weighted by molar-refractivity contribution is 6.20. The summed E-state index contributed by atoms with van der Waals surface area (Å²) < 4.78 is 7.33.